The van der Waals surface area contributed by atoms with Gasteiger partial charge in [-0.2, -0.15) is 0 Å². The van der Waals surface area contributed by atoms with Crippen molar-refractivity contribution in [2.75, 3.05) is 20.2 Å². The second kappa shape index (κ2) is 7.91. The van der Waals surface area contributed by atoms with E-state index < -0.39 is 18.0 Å². The van der Waals surface area contributed by atoms with E-state index in [4.69, 9.17) is 9.47 Å². The molecule has 1 N–H and O–H groups in total. The molecule has 2 aromatic carbocycles. The highest BCUT2D eigenvalue weighted by molar-refractivity contribution is 5.76. The molecule has 0 radical (unpaired) electrons. The Labute approximate surface area is 152 Å². The van der Waals surface area contributed by atoms with Crippen molar-refractivity contribution >= 4 is 12.1 Å². The predicted octanol–water partition coefficient (Wildman–Crippen LogP) is 3.13. The molecule has 0 spiro atoms. The van der Waals surface area contributed by atoms with E-state index in [-0.39, 0.29) is 25.6 Å². The minimum Gasteiger partial charge on any atom is -0.496 e. The van der Waals surface area contributed by atoms with Crippen molar-refractivity contribution in [1.82, 2.24) is 4.90 Å². The number of likely N-dealkylation sites (tertiary alicyclic amines) is 1. The summed E-state index contributed by atoms with van der Waals surface area (Å²) < 4.78 is 10.7. The third-order valence-electron chi connectivity index (χ3n) is 4.64. The Hall–Kier alpha value is -3.02. The zero-order chi connectivity index (χ0) is 18.5. The normalized spacial score (nSPS) is 19.2. The fourth-order valence-electron chi connectivity index (χ4n) is 3.30. The van der Waals surface area contributed by atoms with Crippen molar-refractivity contribution in [2.24, 2.45) is 5.92 Å². The van der Waals surface area contributed by atoms with Crippen LogP contribution in [0, 0.1) is 5.92 Å². The molecule has 0 unspecified atom stereocenters. The summed E-state index contributed by atoms with van der Waals surface area (Å²) in [6.07, 6.45) is -0.502. The molecule has 136 valence electrons. The zero-order valence-corrected chi connectivity index (χ0v) is 14.5. The van der Waals surface area contributed by atoms with Gasteiger partial charge in [0.25, 0.3) is 0 Å². The number of hydrogen-bond acceptors (Lipinski definition) is 4. The highest BCUT2D eigenvalue weighted by Gasteiger charge is 2.42. The fraction of sp³-hybridized carbons (Fsp3) is 0.300. The van der Waals surface area contributed by atoms with Crippen LogP contribution in [0.1, 0.15) is 17.0 Å². The second-order valence-electron chi connectivity index (χ2n) is 6.24. The maximum absolute atomic E-state index is 12.4. The van der Waals surface area contributed by atoms with Crippen molar-refractivity contribution in [2.45, 2.75) is 12.5 Å². The van der Waals surface area contributed by atoms with Crippen LogP contribution in [0.25, 0.3) is 0 Å². The Morgan fingerprint density at radius 3 is 2.46 bits per heavy atom. The molecule has 6 nitrogen and oxygen atoms in total. The monoisotopic (exact) mass is 355 g/mol. The van der Waals surface area contributed by atoms with Gasteiger partial charge in [-0.15, -0.1) is 0 Å². The van der Waals surface area contributed by atoms with Gasteiger partial charge in [0, 0.05) is 19.0 Å². The van der Waals surface area contributed by atoms with E-state index in [0.29, 0.717) is 5.75 Å². The predicted molar refractivity (Wildman–Crippen MR) is 95.1 cm³/mol. The van der Waals surface area contributed by atoms with Crippen LogP contribution in [-0.2, 0) is 16.1 Å². The number of para-hydroxylation sites is 1. The fourth-order valence-corrected chi connectivity index (χ4v) is 3.30. The molecular formula is C20H21NO5. The number of carbonyl (C=O) groups excluding carboxylic acids is 1. The summed E-state index contributed by atoms with van der Waals surface area (Å²) >= 11 is 0. The number of ether oxygens (including phenoxy) is 2. The number of carboxylic acids is 1. The number of amides is 1. The Morgan fingerprint density at radius 1 is 1.08 bits per heavy atom. The van der Waals surface area contributed by atoms with Gasteiger partial charge in [0.15, 0.2) is 0 Å². The minimum atomic E-state index is -0.931. The Bertz CT molecular complexity index is 777. The second-order valence-corrected chi connectivity index (χ2v) is 6.24. The van der Waals surface area contributed by atoms with E-state index in [0.717, 1.165) is 11.1 Å². The number of hydrogen-bond donors (Lipinski definition) is 1. The number of aliphatic carboxylic acids is 1. The number of benzene rings is 2. The van der Waals surface area contributed by atoms with Gasteiger partial charge in [-0.25, -0.2) is 4.79 Å². The first-order valence-corrected chi connectivity index (χ1v) is 8.41. The van der Waals surface area contributed by atoms with Gasteiger partial charge in [0.2, 0.25) is 0 Å². The lowest BCUT2D eigenvalue weighted by molar-refractivity contribution is -0.141. The van der Waals surface area contributed by atoms with Gasteiger partial charge in [0.05, 0.1) is 13.0 Å². The summed E-state index contributed by atoms with van der Waals surface area (Å²) in [5.41, 5.74) is 1.68. The van der Waals surface area contributed by atoms with Gasteiger partial charge in [0.1, 0.15) is 12.4 Å². The van der Waals surface area contributed by atoms with Crippen LogP contribution >= 0.6 is 0 Å². The molecule has 0 aliphatic carbocycles. The summed E-state index contributed by atoms with van der Waals surface area (Å²) in [5, 5.41) is 9.60. The van der Waals surface area contributed by atoms with E-state index in [1.54, 1.807) is 13.2 Å². The van der Waals surface area contributed by atoms with Gasteiger partial charge in [-0.3, -0.25) is 4.79 Å². The smallest absolute Gasteiger partial charge is 0.410 e. The molecule has 2 aromatic rings. The maximum Gasteiger partial charge on any atom is 0.410 e. The first-order valence-electron chi connectivity index (χ1n) is 8.41. The van der Waals surface area contributed by atoms with Gasteiger partial charge < -0.3 is 19.5 Å². The molecule has 26 heavy (non-hydrogen) atoms. The maximum atomic E-state index is 12.4. The molecule has 6 heteroatoms. The van der Waals surface area contributed by atoms with E-state index in [9.17, 15) is 14.7 Å². The Balaban J connectivity index is 1.72. The number of rotatable bonds is 5. The lowest BCUT2D eigenvalue weighted by Gasteiger charge is -2.18. The number of carboxylic acid groups (broad SMARTS) is 1. The van der Waals surface area contributed by atoms with Gasteiger partial charge in [-0.05, 0) is 17.2 Å². The summed E-state index contributed by atoms with van der Waals surface area (Å²) in [5.74, 6) is -1.34. The number of carbonyl (C=O) groups is 2. The van der Waals surface area contributed by atoms with Crippen LogP contribution in [0.3, 0.4) is 0 Å². The summed E-state index contributed by atoms with van der Waals surface area (Å²) in [6, 6.07) is 16.7. The molecule has 1 aliphatic heterocycles. The van der Waals surface area contributed by atoms with E-state index >= 15 is 0 Å². The van der Waals surface area contributed by atoms with Crippen LogP contribution < -0.4 is 4.74 Å². The molecule has 1 aliphatic rings. The van der Waals surface area contributed by atoms with Crippen LogP contribution in [0.15, 0.2) is 54.6 Å². The summed E-state index contributed by atoms with van der Waals surface area (Å²) in [6.45, 7) is 0.559. The summed E-state index contributed by atoms with van der Waals surface area (Å²) in [4.78, 5) is 25.6. The largest absolute Gasteiger partial charge is 0.496 e. The van der Waals surface area contributed by atoms with Crippen LogP contribution in [0.2, 0.25) is 0 Å². The van der Waals surface area contributed by atoms with Gasteiger partial charge >= 0.3 is 12.1 Å². The Morgan fingerprint density at radius 2 is 1.77 bits per heavy atom. The molecule has 2 atom stereocenters. The molecule has 1 amide bonds. The summed E-state index contributed by atoms with van der Waals surface area (Å²) in [7, 11) is 1.55. The lowest BCUT2D eigenvalue weighted by atomic mass is 9.88. The molecule has 0 bridgehead atoms. The van der Waals surface area contributed by atoms with Crippen molar-refractivity contribution in [1.29, 1.82) is 0 Å². The first-order chi connectivity index (χ1) is 12.6. The number of nitrogens with zero attached hydrogens (tertiary/aromatic N) is 1. The molecule has 0 saturated carbocycles. The quantitative estimate of drug-likeness (QED) is 0.892. The van der Waals surface area contributed by atoms with E-state index in [1.165, 1.54) is 4.90 Å². The molecule has 1 heterocycles. The van der Waals surface area contributed by atoms with Crippen molar-refractivity contribution in [3.8, 4) is 5.75 Å². The topological polar surface area (TPSA) is 76.1 Å². The lowest BCUT2D eigenvalue weighted by Crippen LogP contribution is -2.30. The third-order valence-corrected chi connectivity index (χ3v) is 4.64. The van der Waals surface area contributed by atoms with Crippen molar-refractivity contribution in [3.63, 3.8) is 0 Å². The third kappa shape index (κ3) is 3.79. The average Bonchev–Trinajstić information content (AvgIpc) is 3.12. The van der Waals surface area contributed by atoms with Crippen LogP contribution in [-0.4, -0.2) is 42.3 Å². The molecule has 0 aromatic heterocycles. The SMILES string of the molecule is COc1ccccc1[C@H]1CN(C(=O)OCc2ccccc2)C[C@H]1C(=O)O. The standard InChI is InChI=1S/C20H21NO5/c1-25-18-10-6-5-9-15(18)16-11-21(12-17(16)19(22)23)20(24)26-13-14-7-3-2-4-8-14/h2-10,16-17H,11-13H2,1H3,(H,22,23)/t16-,17-/m1/s1. The Kier molecular flexibility index (Phi) is 5.41. The van der Waals surface area contributed by atoms with E-state index in [1.807, 2.05) is 48.5 Å². The minimum absolute atomic E-state index is 0.117. The molecular weight excluding hydrogens is 334 g/mol. The highest BCUT2D eigenvalue weighted by Crippen LogP contribution is 2.37. The highest BCUT2D eigenvalue weighted by atomic mass is 16.6. The first kappa shape index (κ1) is 17.8. The average molecular weight is 355 g/mol. The number of methoxy groups -OCH3 is 1. The van der Waals surface area contributed by atoms with Crippen LogP contribution in [0.5, 0.6) is 5.75 Å². The molecule has 1 saturated heterocycles. The van der Waals surface area contributed by atoms with E-state index in [2.05, 4.69) is 0 Å². The zero-order valence-electron chi connectivity index (χ0n) is 14.5. The van der Waals surface area contributed by atoms with Crippen LogP contribution in [0.4, 0.5) is 4.79 Å². The van der Waals surface area contributed by atoms with Crippen molar-refractivity contribution < 1.29 is 24.2 Å². The van der Waals surface area contributed by atoms with Crippen molar-refractivity contribution in [3.05, 3.63) is 65.7 Å². The molecule has 3 rings (SSSR count). The molecule has 1 fully saturated rings. The van der Waals surface area contributed by atoms with Gasteiger partial charge in [-0.1, -0.05) is 48.5 Å².